The number of likely N-dealkylation sites (tertiary alicyclic amines) is 1. The fourth-order valence-electron chi connectivity index (χ4n) is 2.51. The summed E-state index contributed by atoms with van der Waals surface area (Å²) in [5.74, 6) is -1.90. The highest BCUT2D eigenvalue weighted by Crippen LogP contribution is 2.28. The number of carbonyl (C=O) groups excluding carboxylic acids is 1. The third kappa shape index (κ3) is 2.42. The van der Waals surface area contributed by atoms with Crippen LogP contribution in [0.1, 0.15) is 16.9 Å². The van der Waals surface area contributed by atoms with Crippen molar-refractivity contribution in [3.63, 3.8) is 0 Å². The molecule has 0 saturated carbocycles. The molecule has 2 heterocycles. The molecule has 1 fully saturated rings. The maximum absolute atomic E-state index is 14.0. The molecule has 1 saturated heterocycles. The van der Waals surface area contributed by atoms with E-state index in [4.69, 9.17) is 5.11 Å². The molecule has 2 N–H and O–H groups in total. The number of hydrogen-bond donors (Lipinski definition) is 2. The van der Waals surface area contributed by atoms with Gasteiger partial charge in [-0.2, -0.15) is 0 Å². The predicted molar refractivity (Wildman–Crippen MR) is 78.0 cm³/mol. The highest BCUT2D eigenvalue weighted by molar-refractivity contribution is 9.10. The van der Waals surface area contributed by atoms with Crippen molar-refractivity contribution in [3.05, 3.63) is 34.4 Å². The first-order valence-corrected chi connectivity index (χ1v) is 7.18. The lowest BCUT2D eigenvalue weighted by Gasteiger charge is -2.16. The predicted octanol–water partition coefficient (Wildman–Crippen LogP) is 2.57. The molecule has 0 spiro atoms. The molecule has 1 atom stereocenters. The van der Waals surface area contributed by atoms with Gasteiger partial charge in [0.2, 0.25) is 5.67 Å². The monoisotopic (exact) mass is 354 g/mol. The van der Waals surface area contributed by atoms with Crippen LogP contribution in [0.4, 0.5) is 4.39 Å². The van der Waals surface area contributed by atoms with E-state index in [9.17, 15) is 14.0 Å². The number of hydrogen-bond acceptors (Lipinski definition) is 2. The van der Waals surface area contributed by atoms with E-state index in [1.165, 1.54) is 4.90 Å². The van der Waals surface area contributed by atoms with E-state index in [-0.39, 0.29) is 18.9 Å². The number of aromatic amines is 1. The molecule has 0 bridgehead atoms. The van der Waals surface area contributed by atoms with Crippen molar-refractivity contribution in [2.45, 2.75) is 12.1 Å². The number of amides is 1. The first kappa shape index (κ1) is 14.1. The minimum absolute atomic E-state index is 0.0979. The Bertz CT molecular complexity index is 745. The summed E-state index contributed by atoms with van der Waals surface area (Å²) in [6.07, 6.45) is -0.181. The number of carbonyl (C=O) groups is 2. The zero-order chi connectivity index (χ0) is 15.2. The maximum Gasteiger partial charge on any atom is 0.343 e. The van der Waals surface area contributed by atoms with Gasteiger partial charge in [0.25, 0.3) is 5.91 Å². The lowest BCUT2D eigenvalue weighted by molar-refractivity contribution is -0.149. The Morgan fingerprint density at radius 1 is 1.38 bits per heavy atom. The normalized spacial score (nSPS) is 21.9. The van der Waals surface area contributed by atoms with Crippen LogP contribution < -0.4 is 0 Å². The molecule has 1 aromatic carbocycles. The number of halogens is 2. The molecular weight excluding hydrogens is 343 g/mol. The van der Waals surface area contributed by atoms with Crippen molar-refractivity contribution < 1.29 is 19.1 Å². The van der Waals surface area contributed by atoms with Gasteiger partial charge in [-0.15, -0.1) is 0 Å². The minimum Gasteiger partial charge on any atom is -0.479 e. The van der Waals surface area contributed by atoms with Crippen molar-refractivity contribution in [2.75, 3.05) is 13.1 Å². The van der Waals surface area contributed by atoms with E-state index in [2.05, 4.69) is 20.9 Å². The van der Waals surface area contributed by atoms with Crippen LogP contribution in [0.2, 0.25) is 0 Å². The van der Waals surface area contributed by atoms with Crippen molar-refractivity contribution in [3.8, 4) is 0 Å². The average molecular weight is 355 g/mol. The number of nitrogens with zero attached hydrogens (tertiary/aromatic N) is 1. The smallest absolute Gasteiger partial charge is 0.343 e. The molecule has 7 heteroatoms. The summed E-state index contributed by atoms with van der Waals surface area (Å²) in [5, 5.41) is 9.72. The number of carboxylic acid groups (broad SMARTS) is 1. The number of fused-ring (bicyclic) bond motifs is 1. The molecule has 5 nitrogen and oxygen atoms in total. The van der Waals surface area contributed by atoms with Gasteiger partial charge in [-0.3, -0.25) is 4.79 Å². The maximum atomic E-state index is 14.0. The summed E-state index contributed by atoms with van der Waals surface area (Å²) in [7, 11) is 0. The Balaban J connectivity index is 1.86. The van der Waals surface area contributed by atoms with Crippen LogP contribution in [-0.2, 0) is 4.79 Å². The summed E-state index contributed by atoms with van der Waals surface area (Å²) in [5.41, 5.74) is -1.21. The number of alkyl halides is 1. The molecule has 21 heavy (non-hydrogen) atoms. The number of nitrogens with one attached hydrogen (secondary N) is 1. The van der Waals surface area contributed by atoms with Crippen molar-refractivity contribution in [1.82, 2.24) is 9.88 Å². The molecule has 1 unspecified atom stereocenters. The van der Waals surface area contributed by atoms with Crippen molar-refractivity contribution in [2.24, 2.45) is 0 Å². The van der Waals surface area contributed by atoms with Crippen LogP contribution in [0.15, 0.2) is 28.7 Å². The zero-order valence-corrected chi connectivity index (χ0v) is 12.5. The van der Waals surface area contributed by atoms with E-state index in [0.717, 1.165) is 15.4 Å². The summed E-state index contributed by atoms with van der Waals surface area (Å²) in [6.45, 7) is -0.319. The van der Waals surface area contributed by atoms with Gasteiger partial charge in [0.15, 0.2) is 0 Å². The van der Waals surface area contributed by atoms with Gasteiger partial charge in [0, 0.05) is 28.3 Å². The molecule has 0 radical (unpaired) electrons. The Labute approximate surface area is 127 Å². The highest BCUT2D eigenvalue weighted by Gasteiger charge is 2.47. The Morgan fingerprint density at radius 3 is 2.81 bits per heavy atom. The van der Waals surface area contributed by atoms with E-state index >= 15 is 0 Å². The van der Waals surface area contributed by atoms with Crippen molar-refractivity contribution in [1.29, 1.82) is 0 Å². The van der Waals surface area contributed by atoms with Crippen LogP contribution in [0.3, 0.4) is 0 Å². The van der Waals surface area contributed by atoms with Gasteiger partial charge >= 0.3 is 5.97 Å². The molecule has 1 aliphatic heterocycles. The van der Waals surface area contributed by atoms with Crippen LogP contribution >= 0.6 is 15.9 Å². The van der Waals surface area contributed by atoms with Crippen LogP contribution in [0, 0.1) is 0 Å². The van der Waals surface area contributed by atoms with E-state index in [0.29, 0.717) is 5.69 Å². The largest absolute Gasteiger partial charge is 0.479 e. The van der Waals surface area contributed by atoms with Crippen LogP contribution in [0.25, 0.3) is 10.9 Å². The Hall–Kier alpha value is -1.89. The summed E-state index contributed by atoms with van der Waals surface area (Å²) in [6, 6.07) is 7.22. The standard InChI is InChI=1S/C14H12BrFN2O3/c15-9-1-2-10-8(5-9)6-11(17-10)12(19)18-4-3-14(16,7-18)13(20)21/h1-2,5-6,17H,3-4,7H2,(H,20,21). The van der Waals surface area contributed by atoms with Gasteiger partial charge in [-0.25, -0.2) is 9.18 Å². The Kier molecular flexibility index (Phi) is 3.24. The lowest BCUT2D eigenvalue weighted by Crippen LogP contribution is -2.39. The van der Waals surface area contributed by atoms with Crippen LogP contribution in [0.5, 0.6) is 0 Å². The summed E-state index contributed by atoms with van der Waals surface area (Å²) in [4.78, 5) is 27.4. The fourth-order valence-corrected chi connectivity index (χ4v) is 2.89. The molecule has 3 rings (SSSR count). The molecule has 1 amide bonds. The minimum atomic E-state index is -2.34. The number of rotatable bonds is 2. The third-order valence-electron chi connectivity index (χ3n) is 3.70. The Morgan fingerprint density at radius 2 is 2.14 bits per heavy atom. The highest BCUT2D eigenvalue weighted by atomic mass is 79.9. The molecular formula is C14H12BrFN2O3. The SMILES string of the molecule is O=C(c1cc2cc(Br)ccc2[nH]1)N1CCC(F)(C(=O)O)C1. The number of aliphatic carboxylic acids is 1. The zero-order valence-electron chi connectivity index (χ0n) is 10.9. The number of benzene rings is 1. The molecule has 110 valence electrons. The van der Waals surface area contributed by atoms with E-state index in [1.807, 2.05) is 18.2 Å². The van der Waals surface area contributed by atoms with Gasteiger partial charge in [-0.05, 0) is 24.3 Å². The second-order valence-corrected chi connectivity index (χ2v) is 6.08. The molecule has 1 aromatic heterocycles. The molecule has 2 aromatic rings. The topological polar surface area (TPSA) is 73.4 Å². The van der Waals surface area contributed by atoms with Gasteiger partial charge in [-0.1, -0.05) is 15.9 Å². The fraction of sp³-hybridized carbons (Fsp3) is 0.286. The quantitative estimate of drug-likeness (QED) is 0.870. The molecule has 0 aliphatic carbocycles. The summed E-state index contributed by atoms with van der Waals surface area (Å²) < 4.78 is 14.9. The van der Waals surface area contributed by atoms with E-state index in [1.54, 1.807) is 6.07 Å². The average Bonchev–Trinajstić information content (AvgIpc) is 3.02. The lowest BCUT2D eigenvalue weighted by atomic mass is 10.1. The number of H-pyrrole nitrogens is 1. The second kappa shape index (κ2) is 4.84. The number of aromatic nitrogens is 1. The summed E-state index contributed by atoms with van der Waals surface area (Å²) >= 11 is 3.35. The third-order valence-corrected chi connectivity index (χ3v) is 4.20. The molecule has 1 aliphatic rings. The second-order valence-electron chi connectivity index (χ2n) is 5.16. The van der Waals surface area contributed by atoms with Gasteiger partial charge in [0.1, 0.15) is 5.69 Å². The van der Waals surface area contributed by atoms with Crippen LogP contribution in [-0.4, -0.2) is 45.6 Å². The van der Waals surface area contributed by atoms with Crippen molar-refractivity contribution >= 4 is 38.7 Å². The van der Waals surface area contributed by atoms with E-state index < -0.39 is 18.2 Å². The number of carboxylic acids is 1. The van der Waals surface area contributed by atoms with Gasteiger partial charge in [0.05, 0.1) is 6.54 Å². The first-order chi connectivity index (χ1) is 9.89. The van der Waals surface area contributed by atoms with Gasteiger partial charge < -0.3 is 15.0 Å². The first-order valence-electron chi connectivity index (χ1n) is 6.39.